The van der Waals surface area contributed by atoms with E-state index < -0.39 is 17.8 Å². The molecule has 1 aromatic rings. The molecule has 1 fully saturated rings. The number of hydrogen-bond donors (Lipinski definition) is 2. The maximum absolute atomic E-state index is 12.9. The fraction of sp³-hybridized carbons (Fsp3) is 0.462. The number of nitrogens with one attached hydrogen (secondary N) is 1. The zero-order valence-electron chi connectivity index (χ0n) is 11.0. The lowest BCUT2D eigenvalue weighted by Crippen LogP contribution is -2.55. The average Bonchev–Trinajstić information content (AvgIpc) is 2.37. The van der Waals surface area contributed by atoms with Crippen LogP contribution in [-0.4, -0.2) is 25.0 Å². The molecule has 0 radical (unpaired) electrons. The Bertz CT molecular complexity index is 516. The quantitative estimate of drug-likeness (QED) is 0.818. The summed E-state index contributed by atoms with van der Waals surface area (Å²) in [6.07, 6.45) is -3.97. The molecular formula is C13H16F3N3O. The van der Waals surface area contributed by atoms with Crippen molar-refractivity contribution in [3.63, 3.8) is 0 Å². The highest BCUT2D eigenvalue weighted by atomic mass is 19.4. The van der Waals surface area contributed by atoms with Crippen LogP contribution in [0.5, 0.6) is 0 Å². The van der Waals surface area contributed by atoms with Crippen LogP contribution in [0, 0.1) is 0 Å². The Morgan fingerprint density at radius 1 is 1.45 bits per heavy atom. The largest absolute Gasteiger partial charge is 0.418 e. The van der Waals surface area contributed by atoms with Crippen molar-refractivity contribution in [2.75, 3.05) is 23.7 Å². The number of hydrogen-bond acceptors (Lipinski definition) is 3. The summed E-state index contributed by atoms with van der Waals surface area (Å²) in [4.78, 5) is 13.4. The SMILES string of the molecule is CCC1C(=O)NCCN1c1ccc(N)c(C(F)(F)F)c1. The molecule has 3 N–H and O–H groups in total. The van der Waals surface area contributed by atoms with Crippen molar-refractivity contribution < 1.29 is 18.0 Å². The number of benzene rings is 1. The normalized spacial score (nSPS) is 19.9. The number of nitrogen functional groups attached to an aromatic ring is 1. The van der Waals surface area contributed by atoms with E-state index in [1.165, 1.54) is 12.1 Å². The number of anilines is 2. The molecular weight excluding hydrogens is 271 g/mol. The number of nitrogens with zero attached hydrogens (tertiary/aromatic N) is 1. The van der Waals surface area contributed by atoms with E-state index in [1.54, 1.807) is 4.90 Å². The fourth-order valence-corrected chi connectivity index (χ4v) is 2.40. The van der Waals surface area contributed by atoms with Gasteiger partial charge in [0.15, 0.2) is 0 Å². The Labute approximate surface area is 114 Å². The van der Waals surface area contributed by atoms with Gasteiger partial charge in [0.1, 0.15) is 6.04 Å². The van der Waals surface area contributed by atoms with Crippen molar-refractivity contribution in [3.8, 4) is 0 Å². The van der Waals surface area contributed by atoms with E-state index in [-0.39, 0.29) is 11.6 Å². The van der Waals surface area contributed by atoms with Crippen molar-refractivity contribution in [1.29, 1.82) is 0 Å². The van der Waals surface area contributed by atoms with Crippen LogP contribution in [0.1, 0.15) is 18.9 Å². The maximum Gasteiger partial charge on any atom is 0.418 e. The molecule has 1 saturated heterocycles. The van der Waals surface area contributed by atoms with E-state index in [2.05, 4.69) is 5.32 Å². The summed E-state index contributed by atoms with van der Waals surface area (Å²) >= 11 is 0. The van der Waals surface area contributed by atoms with Gasteiger partial charge in [0, 0.05) is 24.5 Å². The van der Waals surface area contributed by atoms with Gasteiger partial charge in [-0.05, 0) is 24.6 Å². The molecule has 20 heavy (non-hydrogen) atoms. The zero-order chi connectivity index (χ0) is 14.9. The molecule has 1 atom stereocenters. The van der Waals surface area contributed by atoms with Gasteiger partial charge in [0.25, 0.3) is 0 Å². The molecule has 1 aliphatic rings. The van der Waals surface area contributed by atoms with Crippen LogP contribution in [0.4, 0.5) is 24.5 Å². The number of halogens is 3. The Morgan fingerprint density at radius 3 is 2.75 bits per heavy atom. The number of nitrogens with two attached hydrogens (primary N) is 1. The molecule has 0 aromatic heterocycles. The van der Waals surface area contributed by atoms with Crippen LogP contribution in [0.3, 0.4) is 0 Å². The van der Waals surface area contributed by atoms with Gasteiger partial charge in [0.05, 0.1) is 5.56 Å². The van der Waals surface area contributed by atoms with E-state index >= 15 is 0 Å². The third-order valence-electron chi connectivity index (χ3n) is 3.39. The van der Waals surface area contributed by atoms with Crippen molar-refractivity contribution in [2.45, 2.75) is 25.6 Å². The van der Waals surface area contributed by atoms with E-state index in [4.69, 9.17) is 5.73 Å². The second kappa shape index (κ2) is 5.22. The van der Waals surface area contributed by atoms with Gasteiger partial charge in [-0.15, -0.1) is 0 Å². The molecule has 0 spiro atoms. The predicted molar refractivity (Wildman–Crippen MR) is 70.3 cm³/mol. The molecule has 0 bridgehead atoms. The van der Waals surface area contributed by atoms with Crippen LogP contribution in [-0.2, 0) is 11.0 Å². The van der Waals surface area contributed by atoms with E-state index in [0.717, 1.165) is 6.07 Å². The minimum Gasteiger partial charge on any atom is -0.398 e. The molecule has 4 nitrogen and oxygen atoms in total. The average molecular weight is 287 g/mol. The zero-order valence-corrected chi connectivity index (χ0v) is 11.0. The summed E-state index contributed by atoms with van der Waals surface area (Å²) in [5.74, 6) is -0.163. The van der Waals surface area contributed by atoms with Crippen molar-refractivity contribution in [3.05, 3.63) is 23.8 Å². The van der Waals surface area contributed by atoms with Crippen LogP contribution >= 0.6 is 0 Å². The molecule has 7 heteroatoms. The second-order valence-corrected chi connectivity index (χ2v) is 4.68. The Kier molecular flexibility index (Phi) is 3.78. The van der Waals surface area contributed by atoms with Crippen LogP contribution in [0.25, 0.3) is 0 Å². The fourth-order valence-electron chi connectivity index (χ4n) is 2.40. The first-order valence-corrected chi connectivity index (χ1v) is 6.35. The molecule has 1 heterocycles. The van der Waals surface area contributed by atoms with Gasteiger partial charge in [-0.2, -0.15) is 13.2 Å². The van der Waals surface area contributed by atoms with E-state index in [0.29, 0.717) is 25.2 Å². The summed E-state index contributed by atoms with van der Waals surface area (Å²) < 4.78 is 38.6. The molecule has 1 aromatic carbocycles. The van der Waals surface area contributed by atoms with Gasteiger partial charge >= 0.3 is 6.18 Å². The molecule has 110 valence electrons. The third kappa shape index (κ3) is 2.66. The number of amides is 1. The topological polar surface area (TPSA) is 58.4 Å². The lowest BCUT2D eigenvalue weighted by molar-refractivity contribution is -0.136. The second-order valence-electron chi connectivity index (χ2n) is 4.68. The van der Waals surface area contributed by atoms with E-state index in [1.807, 2.05) is 6.92 Å². The van der Waals surface area contributed by atoms with Crippen LogP contribution in [0.2, 0.25) is 0 Å². The van der Waals surface area contributed by atoms with Gasteiger partial charge in [-0.3, -0.25) is 4.79 Å². The van der Waals surface area contributed by atoms with Gasteiger partial charge in [-0.1, -0.05) is 6.92 Å². The summed E-state index contributed by atoms with van der Waals surface area (Å²) in [7, 11) is 0. The predicted octanol–water partition coefficient (Wildman–Crippen LogP) is 2.00. The lowest BCUT2D eigenvalue weighted by Gasteiger charge is -2.36. The Morgan fingerprint density at radius 2 is 2.15 bits per heavy atom. The molecule has 1 amide bonds. The summed E-state index contributed by atoms with van der Waals surface area (Å²) in [5, 5.41) is 2.71. The number of carbonyl (C=O) groups is 1. The number of carbonyl (C=O) groups excluding carboxylic acids is 1. The smallest absolute Gasteiger partial charge is 0.398 e. The Balaban J connectivity index is 2.39. The number of rotatable bonds is 2. The molecule has 1 aliphatic heterocycles. The first kappa shape index (κ1) is 14.5. The molecule has 1 unspecified atom stereocenters. The summed E-state index contributed by atoms with van der Waals surface area (Å²) in [5.41, 5.74) is 4.58. The highest BCUT2D eigenvalue weighted by Gasteiger charge is 2.35. The van der Waals surface area contributed by atoms with Crippen LogP contribution in [0.15, 0.2) is 18.2 Å². The van der Waals surface area contributed by atoms with Gasteiger partial charge < -0.3 is 16.0 Å². The van der Waals surface area contributed by atoms with Gasteiger partial charge in [0.2, 0.25) is 5.91 Å². The maximum atomic E-state index is 12.9. The minimum absolute atomic E-state index is 0.163. The molecule has 0 aliphatic carbocycles. The first-order chi connectivity index (χ1) is 9.34. The van der Waals surface area contributed by atoms with E-state index in [9.17, 15) is 18.0 Å². The minimum atomic E-state index is -4.50. The van der Waals surface area contributed by atoms with Crippen molar-refractivity contribution in [2.24, 2.45) is 0 Å². The highest BCUT2D eigenvalue weighted by Crippen LogP contribution is 2.36. The summed E-state index contributed by atoms with van der Waals surface area (Å²) in [6, 6.07) is 3.31. The molecule has 2 rings (SSSR count). The number of piperazine rings is 1. The van der Waals surface area contributed by atoms with Crippen molar-refractivity contribution >= 4 is 17.3 Å². The first-order valence-electron chi connectivity index (χ1n) is 6.35. The number of alkyl halides is 3. The Hall–Kier alpha value is -1.92. The molecule has 0 saturated carbocycles. The standard InChI is InChI=1S/C13H16F3N3O/c1-2-11-12(20)18-5-6-19(11)8-3-4-10(17)9(7-8)13(14,15)16/h3-4,7,11H,2,5-6,17H2,1H3,(H,18,20). The van der Waals surface area contributed by atoms with Crippen LogP contribution < -0.4 is 16.0 Å². The van der Waals surface area contributed by atoms with Crippen molar-refractivity contribution in [1.82, 2.24) is 5.32 Å². The highest BCUT2D eigenvalue weighted by molar-refractivity contribution is 5.86. The monoisotopic (exact) mass is 287 g/mol. The van der Waals surface area contributed by atoms with Gasteiger partial charge in [-0.25, -0.2) is 0 Å². The third-order valence-corrected chi connectivity index (χ3v) is 3.39. The lowest BCUT2D eigenvalue weighted by atomic mass is 10.1. The summed E-state index contributed by atoms with van der Waals surface area (Å²) in [6.45, 7) is 2.72.